The molecule has 0 unspecified atom stereocenters. The van der Waals surface area contributed by atoms with Crippen molar-refractivity contribution in [1.29, 1.82) is 0 Å². The molecule has 1 saturated carbocycles. The molecule has 17 heavy (non-hydrogen) atoms. The maximum atomic E-state index is 11.0. The number of ether oxygens (including phenoxy) is 2. The summed E-state index contributed by atoms with van der Waals surface area (Å²) in [5.41, 5.74) is 0. The molecule has 0 spiro atoms. The van der Waals surface area contributed by atoms with Crippen LogP contribution in [0.15, 0.2) is 0 Å². The van der Waals surface area contributed by atoms with Crippen LogP contribution in [0.25, 0.3) is 0 Å². The van der Waals surface area contributed by atoms with E-state index >= 15 is 0 Å². The topological polar surface area (TPSA) is 35.5 Å². The number of methoxy groups -OCH3 is 1. The third-order valence-electron chi connectivity index (χ3n) is 3.34. The van der Waals surface area contributed by atoms with Crippen molar-refractivity contribution in [3.8, 4) is 0 Å². The fraction of sp³-hybridized carbons (Fsp3) is 0.929. The second kappa shape index (κ2) is 9.60. The molecule has 3 nitrogen and oxygen atoms in total. The molecule has 0 saturated heterocycles. The average Bonchev–Trinajstić information content (AvgIpc) is 2.35. The summed E-state index contributed by atoms with van der Waals surface area (Å²) in [6.45, 7) is 1.75. The summed E-state index contributed by atoms with van der Waals surface area (Å²) >= 11 is 0. The lowest BCUT2D eigenvalue weighted by molar-refractivity contribution is -0.123. The van der Waals surface area contributed by atoms with E-state index in [4.69, 9.17) is 9.47 Å². The van der Waals surface area contributed by atoms with Crippen LogP contribution >= 0.6 is 0 Å². The Morgan fingerprint density at radius 2 is 1.59 bits per heavy atom. The summed E-state index contributed by atoms with van der Waals surface area (Å²) in [7, 11) is 1.75. The molecular formula is C14H26O3. The fourth-order valence-electron chi connectivity index (χ4n) is 2.21. The van der Waals surface area contributed by atoms with Gasteiger partial charge < -0.3 is 9.47 Å². The minimum absolute atomic E-state index is 0.348. The third-order valence-corrected chi connectivity index (χ3v) is 3.34. The van der Waals surface area contributed by atoms with Gasteiger partial charge in [0, 0.05) is 33.2 Å². The zero-order valence-electron chi connectivity index (χ0n) is 11.1. The van der Waals surface area contributed by atoms with Gasteiger partial charge in [-0.1, -0.05) is 19.3 Å². The van der Waals surface area contributed by atoms with Gasteiger partial charge in [-0.3, -0.25) is 4.79 Å². The molecule has 1 rings (SSSR count). The van der Waals surface area contributed by atoms with Crippen LogP contribution in [0.5, 0.6) is 0 Å². The van der Waals surface area contributed by atoms with Crippen molar-refractivity contribution in [2.45, 2.75) is 63.9 Å². The lowest BCUT2D eigenvalue weighted by atomic mass is 9.96. The van der Waals surface area contributed by atoms with Crippen molar-refractivity contribution < 1.29 is 14.3 Å². The highest BCUT2D eigenvalue weighted by Crippen LogP contribution is 2.18. The summed E-state index contributed by atoms with van der Waals surface area (Å²) in [5.74, 6) is 0.406. The molecule has 0 radical (unpaired) electrons. The van der Waals surface area contributed by atoms with Gasteiger partial charge in [-0.15, -0.1) is 0 Å². The van der Waals surface area contributed by atoms with E-state index in [1.54, 1.807) is 7.11 Å². The summed E-state index contributed by atoms with van der Waals surface area (Å²) in [4.78, 5) is 11.0. The van der Waals surface area contributed by atoms with Crippen LogP contribution in [-0.2, 0) is 14.3 Å². The van der Waals surface area contributed by atoms with Gasteiger partial charge in [-0.05, 0) is 25.7 Å². The summed E-state index contributed by atoms with van der Waals surface area (Å²) in [5, 5.41) is 0. The van der Waals surface area contributed by atoms with Crippen LogP contribution in [0.2, 0.25) is 0 Å². The predicted octanol–water partition coefficient (Wildman–Crippen LogP) is 3.11. The molecule has 0 aromatic carbocycles. The largest absolute Gasteiger partial charge is 0.385 e. The molecule has 3 heteroatoms. The summed E-state index contributed by atoms with van der Waals surface area (Å²) < 4.78 is 10.8. The minimum Gasteiger partial charge on any atom is -0.385 e. The second-order valence-electron chi connectivity index (χ2n) is 4.87. The van der Waals surface area contributed by atoms with Gasteiger partial charge >= 0.3 is 0 Å². The van der Waals surface area contributed by atoms with E-state index in [1.807, 2.05) is 0 Å². The van der Waals surface area contributed by atoms with Crippen molar-refractivity contribution in [2.24, 2.45) is 0 Å². The Hall–Kier alpha value is -0.410. The number of hydrogen-bond donors (Lipinski definition) is 0. The Morgan fingerprint density at radius 1 is 1.00 bits per heavy atom. The van der Waals surface area contributed by atoms with E-state index < -0.39 is 0 Å². The molecule has 0 N–H and O–H groups in total. The standard InChI is InChI=1S/C14H26O3/c1-16-11-5-3-2-4-6-12-17-14-9-7-13(15)8-10-14/h14H,2-12H2,1H3. The molecule has 1 fully saturated rings. The number of Topliss-reactive ketones (excluding diaryl/α,β-unsaturated/α-hetero) is 1. The zero-order chi connectivity index (χ0) is 12.3. The van der Waals surface area contributed by atoms with Gasteiger partial charge in [0.15, 0.2) is 0 Å². The SMILES string of the molecule is COCCCCCCCOC1CCC(=O)CC1. The maximum Gasteiger partial charge on any atom is 0.133 e. The van der Waals surface area contributed by atoms with Gasteiger partial charge in [-0.2, -0.15) is 0 Å². The van der Waals surface area contributed by atoms with Crippen LogP contribution in [0.1, 0.15) is 57.8 Å². The molecule has 0 amide bonds. The first-order valence-electron chi connectivity index (χ1n) is 6.95. The van der Waals surface area contributed by atoms with Crippen molar-refractivity contribution in [3.63, 3.8) is 0 Å². The quantitative estimate of drug-likeness (QED) is 0.583. The van der Waals surface area contributed by atoms with Gasteiger partial charge in [-0.25, -0.2) is 0 Å². The molecule has 1 aliphatic carbocycles. The van der Waals surface area contributed by atoms with Crippen molar-refractivity contribution in [2.75, 3.05) is 20.3 Å². The lowest BCUT2D eigenvalue weighted by Gasteiger charge is -2.21. The van der Waals surface area contributed by atoms with Crippen molar-refractivity contribution in [1.82, 2.24) is 0 Å². The van der Waals surface area contributed by atoms with Gasteiger partial charge in [0.05, 0.1) is 6.10 Å². The van der Waals surface area contributed by atoms with Crippen molar-refractivity contribution >= 4 is 5.78 Å². The van der Waals surface area contributed by atoms with Crippen molar-refractivity contribution in [3.05, 3.63) is 0 Å². The van der Waals surface area contributed by atoms with Gasteiger partial charge in [0.25, 0.3) is 0 Å². The molecule has 0 heterocycles. The number of unbranched alkanes of at least 4 members (excludes halogenated alkanes) is 4. The number of carbonyl (C=O) groups is 1. The van der Waals surface area contributed by atoms with Crippen LogP contribution in [0, 0.1) is 0 Å². The molecule has 0 bridgehead atoms. The van der Waals surface area contributed by atoms with E-state index in [9.17, 15) is 4.79 Å². The highest BCUT2D eigenvalue weighted by atomic mass is 16.5. The van der Waals surface area contributed by atoms with Crippen LogP contribution in [0.3, 0.4) is 0 Å². The Bertz CT molecular complexity index is 194. The fourth-order valence-corrected chi connectivity index (χ4v) is 2.21. The highest BCUT2D eigenvalue weighted by Gasteiger charge is 2.18. The number of ketones is 1. The first kappa shape index (κ1) is 14.7. The van der Waals surface area contributed by atoms with Gasteiger partial charge in [0.2, 0.25) is 0 Å². The monoisotopic (exact) mass is 242 g/mol. The molecular weight excluding hydrogens is 216 g/mol. The van der Waals surface area contributed by atoms with E-state index in [2.05, 4.69) is 0 Å². The lowest BCUT2D eigenvalue weighted by Crippen LogP contribution is -2.21. The van der Waals surface area contributed by atoms with E-state index in [0.717, 1.165) is 45.3 Å². The Kier molecular flexibility index (Phi) is 8.28. The predicted molar refractivity (Wildman–Crippen MR) is 68.2 cm³/mol. The molecule has 0 aromatic rings. The number of rotatable bonds is 9. The summed E-state index contributed by atoms with van der Waals surface area (Å²) in [6.07, 6.45) is 9.76. The van der Waals surface area contributed by atoms with Crippen LogP contribution in [-0.4, -0.2) is 32.2 Å². The molecule has 1 aliphatic rings. The first-order valence-corrected chi connectivity index (χ1v) is 6.95. The normalized spacial score (nSPS) is 17.6. The van der Waals surface area contributed by atoms with Crippen LogP contribution < -0.4 is 0 Å². The number of carbonyl (C=O) groups excluding carboxylic acids is 1. The Balaban J connectivity index is 1.82. The molecule has 0 aromatic heterocycles. The zero-order valence-corrected chi connectivity index (χ0v) is 11.1. The smallest absolute Gasteiger partial charge is 0.133 e. The summed E-state index contributed by atoms with van der Waals surface area (Å²) in [6, 6.07) is 0. The average molecular weight is 242 g/mol. The Morgan fingerprint density at radius 3 is 2.24 bits per heavy atom. The Labute approximate surface area is 105 Å². The van der Waals surface area contributed by atoms with E-state index in [0.29, 0.717) is 11.9 Å². The minimum atomic E-state index is 0.348. The molecule has 0 atom stereocenters. The third kappa shape index (κ3) is 7.50. The second-order valence-corrected chi connectivity index (χ2v) is 4.87. The maximum absolute atomic E-state index is 11.0. The van der Waals surface area contributed by atoms with E-state index in [1.165, 1.54) is 25.7 Å². The number of hydrogen-bond acceptors (Lipinski definition) is 3. The van der Waals surface area contributed by atoms with E-state index in [-0.39, 0.29) is 0 Å². The highest BCUT2D eigenvalue weighted by molar-refractivity contribution is 5.79. The first-order chi connectivity index (χ1) is 8.33. The van der Waals surface area contributed by atoms with Gasteiger partial charge in [0.1, 0.15) is 5.78 Å². The molecule has 100 valence electrons. The van der Waals surface area contributed by atoms with Crippen LogP contribution in [0.4, 0.5) is 0 Å². The molecule has 0 aliphatic heterocycles.